The molecular weight excluding hydrogens is 326 g/mol. The van der Waals surface area contributed by atoms with Crippen LogP contribution in [0.25, 0.3) is 0 Å². The fraction of sp³-hybridized carbons (Fsp3) is 0.118. The molecule has 0 atom stereocenters. The lowest BCUT2D eigenvalue weighted by Crippen LogP contribution is -2.39. The van der Waals surface area contributed by atoms with Gasteiger partial charge in [-0.1, -0.05) is 23.3 Å². The minimum absolute atomic E-state index is 0.165. The van der Waals surface area contributed by atoms with E-state index < -0.39 is 30.2 Å². The first-order valence-electron chi connectivity index (χ1n) is 7.34. The van der Waals surface area contributed by atoms with Crippen LogP contribution in [0.1, 0.15) is 31.2 Å². The van der Waals surface area contributed by atoms with Crippen molar-refractivity contribution in [1.82, 2.24) is 14.9 Å². The van der Waals surface area contributed by atoms with E-state index >= 15 is 0 Å². The summed E-state index contributed by atoms with van der Waals surface area (Å²) in [6, 6.07) is 11.0. The third kappa shape index (κ3) is 3.09. The molecule has 1 aromatic carbocycles. The number of aromatic nitrogens is 1. The van der Waals surface area contributed by atoms with Gasteiger partial charge in [-0.3, -0.25) is 19.4 Å². The van der Waals surface area contributed by atoms with Crippen molar-refractivity contribution in [3.8, 4) is 0 Å². The van der Waals surface area contributed by atoms with Crippen molar-refractivity contribution >= 4 is 23.7 Å². The smallest absolute Gasteiger partial charge is 0.329 e. The summed E-state index contributed by atoms with van der Waals surface area (Å²) in [5.41, 5.74) is 0.495. The molecule has 0 spiro atoms. The Bertz CT molecular complexity index is 831. The molecule has 0 bridgehead atoms. The average molecular weight is 339 g/mol. The lowest BCUT2D eigenvalue weighted by Gasteiger charge is -2.18. The summed E-state index contributed by atoms with van der Waals surface area (Å²) >= 11 is 0. The van der Waals surface area contributed by atoms with Crippen LogP contribution in [0.3, 0.4) is 0 Å². The normalized spacial score (nSPS) is 12.8. The highest BCUT2D eigenvalue weighted by Crippen LogP contribution is 2.22. The highest BCUT2D eigenvalue weighted by atomic mass is 16.7. The maximum Gasteiger partial charge on any atom is 0.352 e. The first kappa shape index (κ1) is 16.3. The van der Waals surface area contributed by atoms with Gasteiger partial charge >= 0.3 is 5.97 Å². The fourth-order valence-electron chi connectivity index (χ4n) is 2.33. The highest BCUT2D eigenvalue weighted by Gasteiger charge is 2.38. The van der Waals surface area contributed by atoms with Gasteiger partial charge in [0.05, 0.1) is 11.1 Å². The predicted molar refractivity (Wildman–Crippen MR) is 84.2 cm³/mol. The van der Waals surface area contributed by atoms with Crippen molar-refractivity contribution in [2.45, 2.75) is 0 Å². The molecule has 3 rings (SSSR count). The van der Waals surface area contributed by atoms with Crippen LogP contribution in [-0.4, -0.2) is 52.2 Å². The molecule has 0 fully saturated rings. The van der Waals surface area contributed by atoms with E-state index in [9.17, 15) is 19.2 Å². The number of imide groups is 1. The van der Waals surface area contributed by atoms with Gasteiger partial charge in [-0.2, -0.15) is 0 Å². The van der Waals surface area contributed by atoms with E-state index in [-0.39, 0.29) is 16.8 Å². The minimum Gasteiger partial charge on any atom is -0.329 e. The number of pyridine rings is 1. The second-order valence-corrected chi connectivity index (χ2v) is 5.29. The van der Waals surface area contributed by atoms with Crippen molar-refractivity contribution in [3.05, 3.63) is 65.5 Å². The number of nitrogens with zero attached hydrogens (tertiary/aromatic N) is 3. The number of hydrogen-bond donors (Lipinski definition) is 0. The van der Waals surface area contributed by atoms with Crippen LogP contribution in [0.4, 0.5) is 0 Å². The minimum atomic E-state index is -0.915. The molecule has 1 aliphatic heterocycles. The maximum atomic E-state index is 12.1. The Kier molecular flexibility index (Phi) is 4.25. The quantitative estimate of drug-likeness (QED) is 0.768. The molecule has 2 heterocycles. The van der Waals surface area contributed by atoms with Crippen molar-refractivity contribution in [2.24, 2.45) is 0 Å². The summed E-state index contributed by atoms with van der Waals surface area (Å²) in [5, 5.41) is 0.409. The Morgan fingerprint density at radius 1 is 1.04 bits per heavy atom. The number of carbonyl (C=O) groups excluding carboxylic acids is 4. The molecule has 1 aromatic heterocycles. The van der Waals surface area contributed by atoms with E-state index in [1.165, 1.54) is 31.4 Å². The lowest BCUT2D eigenvalue weighted by atomic mass is 10.1. The highest BCUT2D eigenvalue weighted by molar-refractivity contribution is 6.20. The number of hydroxylamine groups is 2. The SMILES string of the molecule is CN(CC(=O)ON1C(=O)c2ccccc2C1=O)C(=O)c1ccccn1. The molecule has 0 aliphatic carbocycles. The number of benzene rings is 1. The Labute approximate surface area is 142 Å². The van der Waals surface area contributed by atoms with Crippen molar-refractivity contribution in [2.75, 3.05) is 13.6 Å². The van der Waals surface area contributed by atoms with E-state index in [1.54, 1.807) is 24.3 Å². The number of rotatable bonds is 4. The molecule has 0 unspecified atom stereocenters. The summed E-state index contributed by atoms with van der Waals surface area (Å²) in [6.07, 6.45) is 1.46. The number of amides is 3. The summed E-state index contributed by atoms with van der Waals surface area (Å²) in [7, 11) is 1.39. The largest absolute Gasteiger partial charge is 0.352 e. The molecule has 8 heteroatoms. The van der Waals surface area contributed by atoms with Gasteiger partial charge in [0.15, 0.2) is 0 Å². The summed E-state index contributed by atoms with van der Waals surface area (Å²) in [6.45, 7) is -0.442. The van der Waals surface area contributed by atoms with E-state index in [1.807, 2.05) is 0 Å². The van der Waals surface area contributed by atoms with Crippen LogP contribution in [0, 0.1) is 0 Å². The molecule has 2 aromatic rings. The van der Waals surface area contributed by atoms with E-state index in [0.29, 0.717) is 5.06 Å². The fourth-order valence-corrected chi connectivity index (χ4v) is 2.33. The van der Waals surface area contributed by atoms with Crippen molar-refractivity contribution in [3.63, 3.8) is 0 Å². The van der Waals surface area contributed by atoms with Gasteiger partial charge in [0.25, 0.3) is 17.7 Å². The number of hydrogen-bond acceptors (Lipinski definition) is 6. The zero-order chi connectivity index (χ0) is 18.0. The van der Waals surface area contributed by atoms with Gasteiger partial charge in [0.1, 0.15) is 12.2 Å². The predicted octanol–water partition coefficient (Wildman–Crippen LogP) is 0.908. The van der Waals surface area contributed by atoms with E-state index in [2.05, 4.69) is 4.98 Å². The van der Waals surface area contributed by atoms with Crippen LogP contribution in [0.15, 0.2) is 48.7 Å². The first-order valence-corrected chi connectivity index (χ1v) is 7.34. The molecule has 0 N–H and O–H groups in total. The Balaban J connectivity index is 1.65. The van der Waals surface area contributed by atoms with Gasteiger partial charge in [-0.15, -0.1) is 0 Å². The summed E-state index contributed by atoms with van der Waals surface area (Å²) in [4.78, 5) is 58.2. The van der Waals surface area contributed by atoms with E-state index in [0.717, 1.165) is 4.90 Å². The molecule has 0 saturated carbocycles. The van der Waals surface area contributed by atoms with Gasteiger partial charge in [0, 0.05) is 13.2 Å². The van der Waals surface area contributed by atoms with Crippen LogP contribution in [0.2, 0.25) is 0 Å². The standard InChI is InChI=1S/C17H13N3O5/c1-19(17(24)13-8-4-5-9-18-13)10-14(21)25-20-15(22)11-6-2-3-7-12(11)16(20)23/h2-9H,10H2,1H3. The molecule has 0 radical (unpaired) electrons. The third-order valence-electron chi connectivity index (χ3n) is 3.55. The first-order chi connectivity index (χ1) is 12.0. The van der Waals surface area contributed by atoms with Crippen LogP contribution in [0.5, 0.6) is 0 Å². The second kappa shape index (κ2) is 6.52. The second-order valence-electron chi connectivity index (χ2n) is 5.29. The van der Waals surface area contributed by atoms with Crippen molar-refractivity contribution < 1.29 is 24.0 Å². The zero-order valence-electron chi connectivity index (χ0n) is 13.2. The van der Waals surface area contributed by atoms with Gasteiger partial charge in [-0.25, -0.2) is 4.79 Å². The zero-order valence-corrected chi connectivity index (χ0v) is 13.2. The van der Waals surface area contributed by atoms with Crippen LogP contribution < -0.4 is 0 Å². The van der Waals surface area contributed by atoms with Gasteiger partial charge in [-0.05, 0) is 24.3 Å². The molecule has 1 aliphatic rings. The number of likely N-dealkylation sites (N-methyl/N-ethyl adjacent to an activating group) is 1. The molecule has 8 nitrogen and oxygen atoms in total. The maximum absolute atomic E-state index is 12.1. The molecule has 0 saturated heterocycles. The van der Waals surface area contributed by atoms with Crippen LogP contribution in [-0.2, 0) is 9.63 Å². The number of fused-ring (bicyclic) bond motifs is 1. The van der Waals surface area contributed by atoms with Crippen molar-refractivity contribution in [1.29, 1.82) is 0 Å². The topological polar surface area (TPSA) is 96.9 Å². The summed E-state index contributed by atoms with van der Waals surface area (Å²) in [5.74, 6) is -2.83. The third-order valence-corrected chi connectivity index (χ3v) is 3.55. The van der Waals surface area contributed by atoms with Gasteiger partial charge in [0.2, 0.25) is 0 Å². The Morgan fingerprint density at radius 2 is 1.64 bits per heavy atom. The van der Waals surface area contributed by atoms with E-state index in [4.69, 9.17) is 4.84 Å². The Hall–Kier alpha value is -3.55. The monoisotopic (exact) mass is 339 g/mol. The molecular formula is C17H13N3O5. The molecule has 25 heavy (non-hydrogen) atoms. The molecule has 126 valence electrons. The Morgan fingerprint density at radius 3 is 2.20 bits per heavy atom. The van der Waals surface area contributed by atoms with Crippen LogP contribution >= 0.6 is 0 Å². The number of carbonyl (C=O) groups is 4. The lowest BCUT2D eigenvalue weighted by molar-refractivity contribution is -0.168. The molecule has 3 amide bonds. The van der Waals surface area contributed by atoms with Gasteiger partial charge < -0.3 is 9.74 Å². The summed E-state index contributed by atoms with van der Waals surface area (Å²) < 4.78 is 0. The average Bonchev–Trinajstić information content (AvgIpc) is 2.87.